The molecule has 3 heterocycles. The van der Waals surface area contributed by atoms with Gasteiger partial charge in [0.25, 0.3) is 0 Å². The Bertz CT molecular complexity index is 1520. The monoisotopic (exact) mass is 448 g/mol. The maximum atomic E-state index is 13.1. The number of methoxy groups -OCH3 is 1. The number of benzene rings is 2. The fraction of sp³-hybridized carbons (Fsp3) is 0.208. The summed E-state index contributed by atoms with van der Waals surface area (Å²) in [7, 11) is 3.38. The Kier molecular flexibility index (Phi) is 4.78. The number of halogens is 1. The van der Waals surface area contributed by atoms with E-state index in [1.54, 1.807) is 29.5 Å². The summed E-state index contributed by atoms with van der Waals surface area (Å²) in [5.41, 5.74) is 5.70. The van der Waals surface area contributed by atoms with Gasteiger partial charge in [0, 0.05) is 23.0 Å². The predicted octanol–water partition coefficient (Wildman–Crippen LogP) is 4.87. The molecule has 2 aromatic carbocycles. The Labute approximate surface area is 188 Å². The number of nitrogens with zero attached hydrogens (tertiary/aromatic N) is 4. The number of imidazole rings is 1. The highest BCUT2D eigenvalue weighted by atomic mass is 35.5. The second kappa shape index (κ2) is 7.53. The molecule has 0 aliphatic carbocycles. The van der Waals surface area contributed by atoms with Crippen LogP contribution in [0.1, 0.15) is 17.0 Å². The topological polar surface area (TPSA) is 75.1 Å². The molecule has 0 aliphatic rings. The fourth-order valence-electron chi connectivity index (χ4n) is 4.25. The third-order valence-electron chi connectivity index (χ3n) is 5.85. The summed E-state index contributed by atoms with van der Waals surface area (Å²) in [6.45, 7) is 4.18. The van der Waals surface area contributed by atoms with Gasteiger partial charge in [-0.2, -0.15) is 0 Å². The van der Waals surface area contributed by atoms with Crippen LogP contribution in [-0.4, -0.2) is 26.4 Å². The van der Waals surface area contributed by atoms with E-state index in [1.165, 1.54) is 0 Å². The number of pyridine rings is 1. The zero-order valence-electron chi connectivity index (χ0n) is 18.1. The summed E-state index contributed by atoms with van der Waals surface area (Å²) in [6.07, 6.45) is 1.74. The normalized spacial score (nSPS) is 11.5. The third-order valence-corrected chi connectivity index (χ3v) is 6.10. The molecule has 0 amide bonds. The summed E-state index contributed by atoms with van der Waals surface area (Å²) in [4.78, 5) is 17.8. The van der Waals surface area contributed by atoms with Crippen molar-refractivity contribution in [2.75, 3.05) is 7.11 Å². The van der Waals surface area contributed by atoms with Gasteiger partial charge in [0.15, 0.2) is 0 Å². The van der Waals surface area contributed by atoms with Crippen LogP contribution in [0.15, 0.2) is 51.9 Å². The zero-order valence-corrected chi connectivity index (χ0v) is 18.9. The number of hydrogen-bond donors (Lipinski definition) is 0. The maximum Gasteiger partial charge on any atom is 0.329 e. The lowest BCUT2D eigenvalue weighted by molar-refractivity contribution is 0.393. The molecule has 0 aliphatic heterocycles. The molecular weight excluding hydrogens is 428 g/mol. The molecule has 0 fully saturated rings. The molecule has 0 radical (unpaired) electrons. The van der Waals surface area contributed by atoms with Crippen LogP contribution in [0.4, 0.5) is 0 Å². The van der Waals surface area contributed by atoms with Crippen LogP contribution in [-0.2, 0) is 13.6 Å². The number of aromatic nitrogens is 4. The van der Waals surface area contributed by atoms with E-state index in [2.05, 4.69) is 10.1 Å². The lowest BCUT2D eigenvalue weighted by Crippen LogP contribution is -2.22. The van der Waals surface area contributed by atoms with E-state index in [0.29, 0.717) is 23.1 Å². The van der Waals surface area contributed by atoms with Gasteiger partial charge < -0.3 is 9.26 Å². The van der Waals surface area contributed by atoms with E-state index in [-0.39, 0.29) is 5.69 Å². The molecule has 8 heteroatoms. The van der Waals surface area contributed by atoms with E-state index >= 15 is 0 Å². The molecule has 0 unspecified atom stereocenters. The molecule has 7 nitrogen and oxygen atoms in total. The first kappa shape index (κ1) is 20.3. The third kappa shape index (κ3) is 3.08. The minimum atomic E-state index is -0.113. The number of hydrogen-bond acceptors (Lipinski definition) is 5. The molecule has 0 saturated carbocycles. The molecule has 0 N–H and O–H groups in total. The van der Waals surface area contributed by atoms with Gasteiger partial charge in [0.1, 0.15) is 11.5 Å². The molecule has 3 aromatic heterocycles. The first-order valence-corrected chi connectivity index (χ1v) is 10.5. The Balaban J connectivity index is 1.80. The van der Waals surface area contributed by atoms with Gasteiger partial charge in [-0.05, 0) is 43.7 Å². The van der Waals surface area contributed by atoms with Crippen molar-refractivity contribution in [3.63, 3.8) is 0 Å². The number of fused-ring (bicyclic) bond motifs is 3. The molecular formula is C24H21ClN4O3. The van der Waals surface area contributed by atoms with Crippen LogP contribution in [0.3, 0.4) is 0 Å². The van der Waals surface area contributed by atoms with E-state index in [0.717, 1.165) is 44.3 Å². The second-order valence-electron chi connectivity index (χ2n) is 7.82. The summed E-state index contributed by atoms with van der Waals surface area (Å²) < 4.78 is 14.5. The first-order chi connectivity index (χ1) is 15.4. The van der Waals surface area contributed by atoms with Crippen LogP contribution in [0.2, 0.25) is 5.02 Å². The largest absolute Gasteiger partial charge is 0.496 e. The van der Waals surface area contributed by atoms with E-state index in [1.807, 2.05) is 50.2 Å². The van der Waals surface area contributed by atoms with Gasteiger partial charge in [-0.25, -0.2) is 4.79 Å². The SMILES string of the molecule is COc1cc2c(cc1-c1c(C)noc1C)ncc1c2n(Cc2ccc(Cl)cc2)c(=O)n1C. The predicted molar refractivity (Wildman–Crippen MR) is 125 cm³/mol. The summed E-state index contributed by atoms with van der Waals surface area (Å²) >= 11 is 6.03. The summed E-state index contributed by atoms with van der Waals surface area (Å²) in [5, 5.41) is 5.56. The Morgan fingerprint density at radius 3 is 2.56 bits per heavy atom. The smallest absolute Gasteiger partial charge is 0.329 e. The number of aryl methyl sites for hydroxylation is 3. The molecule has 5 aromatic rings. The van der Waals surface area contributed by atoms with Crippen molar-refractivity contribution in [3.8, 4) is 16.9 Å². The Hall–Kier alpha value is -3.58. The van der Waals surface area contributed by atoms with Crippen LogP contribution < -0.4 is 10.4 Å². The highest BCUT2D eigenvalue weighted by Gasteiger charge is 2.20. The second-order valence-corrected chi connectivity index (χ2v) is 8.25. The molecule has 0 spiro atoms. The van der Waals surface area contributed by atoms with Crippen molar-refractivity contribution in [2.45, 2.75) is 20.4 Å². The molecule has 0 bridgehead atoms. The molecule has 0 atom stereocenters. The highest BCUT2D eigenvalue weighted by molar-refractivity contribution is 6.30. The van der Waals surface area contributed by atoms with Crippen molar-refractivity contribution >= 4 is 33.5 Å². The van der Waals surface area contributed by atoms with E-state index in [4.69, 9.17) is 20.9 Å². The number of rotatable bonds is 4. The quantitative estimate of drug-likeness (QED) is 0.392. The van der Waals surface area contributed by atoms with Crippen LogP contribution in [0.25, 0.3) is 33.1 Å². The zero-order chi connectivity index (χ0) is 22.6. The highest BCUT2D eigenvalue weighted by Crippen LogP contribution is 2.38. The minimum absolute atomic E-state index is 0.113. The van der Waals surface area contributed by atoms with Gasteiger partial charge in [-0.3, -0.25) is 14.1 Å². The number of ether oxygens (including phenoxy) is 1. The van der Waals surface area contributed by atoms with Crippen molar-refractivity contribution in [3.05, 3.63) is 75.1 Å². The van der Waals surface area contributed by atoms with Crippen molar-refractivity contribution in [1.82, 2.24) is 19.3 Å². The average molecular weight is 449 g/mol. The van der Waals surface area contributed by atoms with Crippen LogP contribution >= 0.6 is 11.6 Å². The van der Waals surface area contributed by atoms with Crippen LogP contribution in [0, 0.1) is 13.8 Å². The molecule has 0 saturated heterocycles. The van der Waals surface area contributed by atoms with E-state index < -0.39 is 0 Å². The summed E-state index contributed by atoms with van der Waals surface area (Å²) in [5.74, 6) is 1.37. The molecule has 5 rings (SSSR count). The first-order valence-electron chi connectivity index (χ1n) is 10.1. The minimum Gasteiger partial charge on any atom is -0.496 e. The maximum absolute atomic E-state index is 13.1. The van der Waals surface area contributed by atoms with Crippen LogP contribution in [0.5, 0.6) is 5.75 Å². The fourth-order valence-corrected chi connectivity index (χ4v) is 4.38. The van der Waals surface area contributed by atoms with E-state index in [9.17, 15) is 4.79 Å². The lowest BCUT2D eigenvalue weighted by atomic mass is 10.0. The average Bonchev–Trinajstić information content (AvgIpc) is 3.25. The van der Waals surface area contributed by atoms with Gasteiger partial charge in [-0.1, -0.05) is 28.9 Å². The Morgan fingerprint density at radius 1 is 1.16 bits per heavy atom. The van der Waals surface area contributed by atoms with Gasteiger partial charge in [-0.15, -0.1) is 0 Å². The molecule has 32 heavy (non-hydrogen) atoms. The van der Waals surface area contributed by atoms with Gasteiger partial charge >= 0.3 is 5.69 Å². The Morgan fingerprint density at radius 2 is 1.91 bits per heavy atom. The lowest BCUT2D eigenvalue weighted by Gasteiger charge is -2.12. The molecule has 162 valence electrons. The van der Waals surface area contributed by atoms with Crippen molar-refractivity contribution in [1.29, 1.82) is 0 Å². The van der Waals surface area contributed by atoms with Gasteiger partial charge in [0.05, 0.1) is 47.7 Å². The standard InChI is InChI=1S/C24H21ClN4O3/c1-13-22(14(2)32-27-13)18-9-19-17(10-21(18)31-4)23-20(11-26-19)28(3)24(30)29(23)12-15-5-7-16(25)8-6-15/h5-11H,12H2,1-4H3. The van der Waals surface area contributed by atoms with Crippen molar-refractivity contribution < 1.29 is 9.26 Å². The van der Waals surface area contributed by atoms with Crippen molar-refractivity contribution in [2.24, 2.45) is 7.05 Å². The summed E-state index contributed by atoms with van der Waals surface area (Å²) in [6, 6.07) is 11.4. The van der Waals surface area contributed by atoms with Gasteiger partial charge in [0.2, 0.25) is 0 Å².